The molecule has 0 saturated carbocycles. The summed E-state index contributed by atoms with van der Waals surface area (Å²) in [5.41, 5.74) is -0.775. The molecule has 0 saturated heterocycles. The van der Waals surface area contributed by atoms with Crippen LogP contribution in [0.2, 0.25) is 0 Å². The summed E-state index contributed by atoms with van der Waals surface area (Å²) in [5.74, 6) is -3.74. The van der Waals surface area contributed by atoms with Crippen molar-refractivity contribution in [2.24, 2.45) is 0 Å². The minimum Gasteiger partial charge on any atom is -0.456 e. The van der Waals surface area contributed by atoms with Crippen molar-refractivity contribution in [1.82, 2.24) is 0 Å². The molecule has 78 valence electrons. The fourth-order valence-corrected chi connectivity index (χ4v) is 0.618. The molecule has 3 N–H and O–H groups in total. The minimum absolute atomic E-state index is 0.456. The lowest BCUT2D eigenvalue weighted by atomic mass is 10.1. The molecule has 0 heterocycles. The molecule has 0 atom stereocenters. The number of rotatable bonds is 3. The Bertz CT molecular complexity index is 179. The first-order valence-corrected chi connectivity index (χ1v) is 3.98. The van der Waals surface area contributed by atoms with Gasteiger partial charge >= 0.3 is 5.97 Å². The summed E-state index contributed by atoms with van der Waals surface area (Å²) in [5, 5.41) is 26.6. The number of ether oxygens (including phenoxy) is 1. The third-order valence-electron chi connectivity index (χ3n) is 1.19. The van der Waals surface area contributed by atoms with Gasteiger partial charge in [0.1, 0.15) is 5.60 Å². The van der Waals surface area contributed by atoms with Crippen LogP contribution >= 0.6 is 0 Å². The van der Waals surface area contributed by atoms with E-state index >= 15 is 0 Å². The summed E-state index contributed by atoms with van der Waals surface area (Å²) < 4.78 is 4.70. The van der Waals surface area contributed by atoms with E-state index in [9.17, 15) is 4.79 Å². The molecular weight excluding hydrogens is 176 g/mol. The molecule has 0 aliphatic carbocycles. The molecule has 5 nitrogen and oxygen atoms in total. The Balaban J connectivity index is 4.25. The van der Waals surface area contributed by atoms with Gasteiger partial charge in [-0.25, -0.2) is 4.79 Å². The predicted molar refractivity (Wildman–Crippen MR) is 44.7 cm³/mol. The molecule has 0 amide bonds. The van der Waals surface area contributed by atoms with Crippen LogP contribution in [0.1, 0.15) is 27.2 Å². The highest BCUT2D eigenvalue weighted by molar-refractivity contribution is 5.77. The second-order valence-corrected chi connectivity index (χ2v) is 3.79. The van der Waals surface area contributed by atoms with Crippen molar-refractivity contribution in [1.29, 1.82) is 0 Å². The smallest absolute Gasteiger partial charge is 0.367 e. The van der Waals surface area contributed by atoms with E-state index in [4.69, 9.17) is 20.1 Å². The number of aliphatic hydroxyl groups excluding tert-OH is 1. The SMILES string of the molecule is CC(C)(C)OC(=O)C(O)(O)CCO. The van der Waals surface area contributed by atoms with E-state index in [1.165, 1.54) is 0 Å². The quantitative estimate of drug-likeness (QED) is 0.410. The van der Waals surface area contributed by atoms with E-state index in [0.717, 1.165) is 0 Å². The summed E-state index contributed by atoms with van der Waals surface area (Å²) in [6, 6.07) is 0. The molecular formula is C8H16O5. The van der Waals surface area contributed by atoms with Crippen LogP contribution in [0.4, 0.5) is 0 Å². The van der Waals surface area contributed by atoms with Crippen LogP contribution in [0.5, 0.6) is 0 Å². The second-order valence-electron chi connectivity index (χ2n) is 3.79. The fourth-order valence-electron chi connectivity index (χ4n) is 0.618. The Kier molecular flexibility index (Phi) is 3.84. The summed E-state index contributed by atoms with van der Waals surface area (Å²) in [6.45, 7) is 4.34. The number of carbonyl (C=O) groups excluding carboxylic acids is 1. The van der Waals surface area contributed by atoms with Gasteiger partial charge in [-0.1, -0.05) is 0 Å². The summed E-state index contributed by atoms with van der Waals surface area (Å²) >= 11 is 0. The third kappa shape index (κ3) is 4.82. The largest absolute Gasteiger partial charge is 0.456 e. The van der Waals surface area contributed by atoms with Crippen molar-refractivity contribution in [2.75, 3.05) is 6.61 Å². The van der Waals surface area contributed by atoms with Gasteiger partial charge in [0.2, 0.25) is 0 Å². The zero-order valence-corrected chi connectivity index (χ0v) is 8.07. The van der Waals surface area contributed by atoms with E-state index in [1.54, 1.807) is 20.8 Å². The zero-order valence-electron chi connectivity index (χ0n) is 8.07. The monoisotopic (exact) mass is 192 g/mol. The summed E-state index contributed by atoms with van der Waals surface area (Å²) in [4.78, 5) is 11.0. The highest BCUT2D eigenvalue weighted by atomic mass is 16.6. The van der Waals surface area contributed by atoms with Gasteiger partial charge in [-0.15, -0.1) is 0 Å². The van der Waals surface area contributed by atoms with Crippen LogP contribution in [0.15, 0.2) is 0 Å². The van der Waals surface area contributed by atoms with Crippen molar-refractivity contribution in [3.8, 4) is 0 Å². The minimum atomic E-state index is -2.60. The first kappa shape index (κ1) is 12.3. The van der Waals surface area contributed by atoms with E-state index < -0.39 is 30.4 Å². The van der Waals surface area contributed by atoms with E-state index in [2.05, 4.69) is 0 Å². The molecule has 0 rings (SSSR count). The van der Waals surface area contributed by atoms with E-state index in [1.807, 2.05) is 0 Å². The molecule has 0 unspecified atom stereocenters. The van der Waals surface area contributed by atoms with Crippen LogP contribution < -0.4 is 0 Å². The van der Waals surface area contributed by atoms with Gasteiger partial charge in [0.15, 0.2) is 0 Å². The average Bonchev–Trinajstić information content (AvgIpc) is 1.82. The molecule has 0 aliphatic heterocycles. The van der Waals surface area contributed by atoms with Gasteiger partial charge in [0, 0.05) is 13.0 Å². The first-order valence-electron chi connectivity index (χ1n) is 3.98. The maximum Gasteiger partial charge on any atom is 0.367 e. The molecule has 0 radical (unpaired) electrons. The first-order chi connectivity index (χ1) is 5.69. The molecule has 0 spiro atoms. The van der Waals surface area contributed by atoms with Crippen LogP contribution in [0, 0.1) is 0 Å². The maximum atomic E-state index is 11.0. The molecule has 5 heteroatoms. The topological polar surface area (TPSA) is 87.0 Å². The predicted octanol–water partition coefficient (Wildman–Crippen LogP) is -0.609. The van der Waals surface area contributed by atoms with Crippen molar-refractivity contribution in [3.05, 3.63) is 0 Å². The number of esters is 1. The molecule has 13 heavy (non-hydrogen) atoms. The number of hydrogen-bond donors (Lipinski definition) is 3. The molecule has 0 fully saturated rings. The Morgan fingerprint density at radius 2 is 1.77 bits per heavy atom. The van der Waals surface area contributed by atoms with Crippen molar-refractivity contribution < 1.29 is 24.9 Å². The van der Waals surface area contributed by atoms with Gasteiger partial charge in [0.25, 0.3) is 5.79 Å². The fraction of sp³-hybridized carbons (Fsp3) is 0.875. The van der Waals surface area contributed by atoms with Crippen molar-refractivity contribution in [2.45, 2.75) is 38.6 Å². The highest BCUT2D eigenvalue weighted by Crippen LogP contribution is 2.14. The van der Waals surface area contributed by atoms with Gasteiger partial charge in [0.05, 0.1) is 0 Å². The molecule has 0 aromatic carbocycles. The van der Waals surface area contributed by atoms with Crippen LogP contribution in [0.3, 0.4) is 0 Å². The number of carbonyl (C=O) groups is 1. The van der Waals surface area contributed by atoms with Crippen molar-refractivity contribution >= 4 is 5.97 Å². The van der Waals surface area contributed by atoms with Gasteiger partial charge in [-0.3, -0.25) is 0 Å². The second kappa shape index (κ2) is 4.04. The maximum absolute atomic E-state index is 11.0. The molecule has 0 aromatic rings. The lowest BCUT2D eigenvalue weighted by molar-refractivity contribution is -0.222. The summed E-state index contributed by atoms with van der Waals surface area (Å²) in [6.07, 6.45) is -0.456. The molecule has 0 aliphatic rings. The van der Waals surface area contributed by atoms with Gasteiger partial charge < -0.3 is 20.1 Å². The molecule has 0 bridgehead atoms. The van der Waals surface area contributed by atoms with Gasteiger partial charge in [-0.05, 0) is 20.8 Å². The lowest BCUT2D eigenvalue weighted by Crippen LogP contribution is -2.44. The van der Waals surface area contributed by atoms with Crippen molar-refractivity contribution in [3.63, 3.8) is 0 Å². The summed E-state index contributed by atoms with van der Waals surface area (Å²) in [7, 11) is 0. The van der Waals surface area contributed by atoms with Crippen LogP contribution in [-0.2, 0) is 9.53 Å². The third-order valence-corrected chi connectivity index (χ3v) is 1.19. The van der Waals surface area contributed by atoms with Crippen LogP contribution in [0.25, 0.3) is 0 Å². The Morgan fingerprint density at radius 1 is 1.31 bits per heavy atom. The normalized spacial score (nSPS) is 12.8. The zero-order chi connectivity index (χ0) is 10.7. The Morgan fingerprint density at radius 3 is 2.08 bits per heavy atom. The molecule has 0 aromatic heterocycles. The number of hydrogen-bond acceptors (Lipinski definition) is 5. The van der Waals surface area contributed by atoms with E-state index in [-0.39, 0.29) is 0 Å². The Labute approximate surface area is 77.0 Å². The standard InChI is InChI=1S/C8H16O5/c1-7(2,3)13-6(10)8(11,12)4-5-9/h9,11-12H,4-5H2,1-3H3. The van der Waals surface area contributed by atoms with E-state index in [0.29, 0.717) is 0 Å². The highest BCUT2D eigenvalue weighted by Gasteiger charge is 2.36. The number of aliphatic hydroxyl groups is 3. The van der Waals surface area contributed by atoms with Gasteiger partial charge in [-0.2, -0.15) is 0 Å². The lowest BCUT2D eigenvalue weighted by Gasteiger charge is -2.25. The Hall–Kier alpha value is -0.650. The van der Waals surface area contributed by atoms with Crippen LogP contribution in [-0.4, -0.2) is 39.3 Å². The average molecular weight is 192 g/mol.